The van der Waals surface area contributed by atoms with Crippen LogP contribution in [0.1, 0.15) is 22.8 Å². The van der Waals surface area contributed by atoms with E-state index in [1.54, 1.807) is 6.07 Å². The molecule has 0 saturated carbocycles. The number of nitrogens with one attached hydrogen (secondary N) is 1. The first-order valence-corrected chi connectivity index (χ1v) is 9.47. The molecule has 0 saturated heterocycles. The third kappa shape index (κ3) is 6.40. The zero-order valence-electron chi connectivity index (χ0n) is 15.1. The summed E-state index contributed by atoms with van der Waals surface area (Å²) in [5.74, 6) is 0.737. The Morgan fingerprint density at radius 2 is 1.61 bits per heavy atom. The first-order chi connectivity index (χ1) is 13.1. The standard InChI is InChI=1S/C22H21Cl2NO2.ClH/c23-19-10-11-22(27-15-17-8-4-5-9-20(17)24)18(12-19)13-25-14-21(26)16-6-2-1-3-7-16;/h1-12,21,25-26H,13-15H2;1H. The number of hydrogen-bond acceptors (Lipinski definition) is 3. The van der Waals surface area contributed by atoms with Crippen molar-refractivity contribution in [3.8, 4) is 5.75 Å². The van der Waals surface area contributed by atoms with E-state index in [0.717, 1.165) is 22.4 Å². The molecule has 2 N–H and O–H groups in total. The lowest BCUT2D eigenvalue weighted by Crippen LogP contribution is -2.21. The Labute approximate surface area is 181 Å². The summed E-state index contributed by atoms with van der Waals surface area (Å²) in [7, 11) is 0. The van der Waals surface area contributed by atoms with Gasteiger partial charge in [0, 0.05) is 34.3 Å². The molecule has 28 heavy (non-hydrogen) atoms. The molecule has 0 aliphatic rings. The molecule has 3 aromatic rings. The number of halogens is 3. The average Bonchev–Trinajstić information content (AvgIpc) is 2.69. The Morgan fingerprint density at radius 3 is 2.36 bits per heavy atom. The van der Waals surface area contributed by atoms with Crippen LogP contribution < -0.4 is 10.1 Å². The van der Waals surface area contributed by atoms with Gasteiger partial charge in [0.1, 0.15) is 12.4 Å². The molecule has 0 spiro atoms. The van der Waals surface area contributed by atoms with Gasteiger partial charge in [0.2, 0.25) is 0 Å². The van der Waals surface area contributed by atoms with Crippen LogP contribution >= 0.6 is 35.6 Å². The van der Waals surface area contributed by atoms with Crippen molar-refractivity contribution in [2.45, 2.75) is 19.3 Å². The number of benzene rings is 3. The van der Waals surface area contributed by atoms with Crippen LogP contribution in [0.15, 0.2) is 72.8 Å². The van der Waals surface area contributed by atoms with Crippen molar-refractivity contribution >= 4 is 35.6 Å². The predicted molar refractivity (Wildman–Crippen MR) is 118 cm³/mol. The van der Waals surface area contributed by atoms with Crippen molar-refractivity contribution in [2.75, 3.05) is 6.54 Å². The van der Waals surface area contributed by atoms with E-state index in [9.17, 15) is 5.11 Å². The van der Waals surface area contributed by atoms with Gasteiger partial charge < -0.3 is 15.2 Å². The fraction of sp³-hybridized carbons (Fsp3) is 0.182. The molecule has 0 amide bonds. The van der Waals surface area contributed by atoms with Crippen molar-refractivity contribution in [1.29, 1.82) is 0 Å². The van der Waals surface area contributed by atoms with E-state index in [0.29, 0.717) is 29.7 Å². The lowest BCUT2D eigenvalue weighted by atomic mass is 10.1. The summed E-state index contributed by atoms with van der Waals surface area (Å²) in [6, 6.07) is 22.7. The van der Waals surface area contributed by atoms with Gasteiger partial charge in [0.25, 0.3) is 0 Å². The summed E-state index contributed by atoms with van der Waals surface area (Å²) in [5.41, 5.74) is 2.73. The smallest absolute Gasteiger partial charge is 0.124 e. The summed E-state index contributed by atoms with van der Waals surface area (Å²) in [4.78, 5) is 0. The van der Waals surface area contributed by atoms with Gasteiger partial charge in [-0.25, -0.2) is 0 Å². The Morgan fingerprint density at radius 1 is 0.893 bits per heavy atom. The van der Waals surface area contributed by atoms with Crippen LogP contribution in [0.3, 0.4) is 0 Å². The number of aliphatic hydroxyl groups is 1. The third-order valence-electron chi connectivity index (χ3n) is 4.20. The summed E-state index contributed by atoms with van der Waals surface area (Å²) < 4.78 is 5.96. The monoisotopic (exact) mass is 437 g/mol. The van der Waals surface area contributed by atoms with Gasteiger partial charge in [-0.2, -0.15) is 0 Å². The Balaban J connectivity index is 0.00000280. The van der Waals surface area contributed by atoms with Crippen LogP contribution in [0.4, 0.5) is 0 Å². The first kappa shape index (κ1) is 22.5. The van der Waals surface area contributed by atoms with Gasteiger partial charge in [-0.15, -0.1) is 12.4 Å². The highest BCUT2D eigenvalue weighted by atomic mass is 35.5. The minimum Gasteiger partial charge on any atom is -0.489 e. The molecule has 3 rings (SSSR count). The average molecular weight is 439 g/mol. The summed E-state index contributed by atoms with van der Waals surface area (Å²) >= 11 is 12.3. The van der Waals surface area contributed by atoms with E-state index in [-0.39, 0.29) is 12.4 Å². The summed E-state index contributed by atoms with van der Waals surface area (Å²) in [6.07, 6.45) is -0.571. The molecule has 0 fully saturated rings. The Hall–Kier alpha value is -1.75. The van der Waals surface area contributed by atoms with Gasteiger partial charge in [0.05, 0.1) is 6.10 Å². The maximum atomic E-state index is 10.3. The molecule has 6 heteroatoms. The Bertz CT molecular complexity index is 875. The highest BCUT2D eigenvalue weighted by molar-refractivity contribution is 6.31. The van der Waals surface area contributed by atoms with E-state index < -0.39 is 6.10 Å². The molecule has 0 bridgehead atoms. The highest BCUT2D eigenvalue weighted by Crippen LogP contribution is 2.25. The van der Waals surface area contributed by atoms with Crippen LogP contribution in [0.2, 0.25) is 10.0 Å². The molecule has 0 heterocycles. The SMILES string of the molecule is Cl.OC(CNCc1cc(Cl)ccc1OCc1ccccc1Cl)c1ccccc1. The molecular formula is C22H22Cl3NO2. The van der Waals surface area contributed by atoms with E-state index in [1.165, 1.54) is 0 Å². The van der Waals surface area contributed by atoms with Gasteiger partial charge in [0.15, 0.2) is 0 Å². The quantitative estimate of drug-likeness (QED) is 0.466. The molecule has 0 aliphatic heterocycles. The zero-order valence-corrected chi connectivity index (χ0v) is 17.5. The van der Waals surface area contributed by atoms with Crippen molar-refractivity contribution in [1.82, 2.24) is 5.32 Å². The number of hydrogen-bond donors (Lipinski definition) is 2. The molecule has 1 atom stereocenters. The summed E-state index contributed by atoms with van der Waals surface area (Å²) in [6.45, 7) is 1.34. The molecule has 3 nitrogen and oxygen atoms in total. The second kappa shape index (κ2) is 11.3. The van der Waals surface area contributed by atoms with Crippen LogP contribution in [-0.2, 0) is 13.2 Å². The molecular weight excluding hydrogens is 417 g/mol. The lowest BCUT2D eigenvalue weighted by Gasteiger charge is -2.15. The lowest BCUT2D eigenvalue weighted by molar-refractivity contribution is 0.174. The van der Waals surface area contributed by atoms with E-state index in [1.807, 2.05) is 66.7 Å². The molecule has 0 radical (unpaired) electrons. The number of rotatable bonds is 8. The van der Waals surface area contributed by atoms with Crippen LogP contribution in [0, 0.1) is 0 Å². The second-order valence-corrected chi connectivity index (χ2v) is 7.03. The highest BCUT2D eigenvalue weighted by Gasteiger charge is 2.09. The van der Waals surface area contributed by atoms with Crippen molar-refractivity contribution in [3.63, 3.8) is 0 Å². The molecule has 3 aromatic carbocycles. The van der Waals surface area contributed by atoms with Crippen LogP contribution in [-0.4, -0.2) is 11.7 Å². The van der Waals surface area contributed by atoms with Gasteiger partial charge in [-0.05, 0) is 29.8 Å². The van der Waals surface area contributed by atoms with Gasteiger partial charge in [-0.1, -0.05) is 71.7 Å². The van der Waals surface area contributed by atoms with Gasteiger partial charge in [-0.3, -0.25) is 0 Å². The van der Waals surface area contributed by atoms with Gasteiger partial charge >= 0.3 is 0 Å². The third-order valence-corrected chi connectivity index (χ3v) is 4.80. The van der Waals surface area contributed by atoms with E-state index in [4.69, 9.17) is 27.9 Å². The second-order valence-electron chi connectivity index (χ2n) is 6.19. The van der Waals surface area contributed by atoms with E-state index >= 15 is 0 Å². The first-order valence-electron chi connectivity index (χ1n) is 8.72. The largest absolute Gasteiger partial charge is 0.489 e. The summed E-state index contributed by atoms with van der Waals surface area (Å²) in [5, 5.41) is 14.9. The normalized spacial score (nSPS) is 11.5. The molecule has 0 aromatic heterocycles. The number of aliphatic hydroxyl groups excluding tert-OH is 1. The van der Waals surface area contributed by atoms with Crippen LogP contribution in [0.25, 0.3) is 0 Å². The molecule has 148 valence electrons. The topological polar surface area (TPSA) is 41.5 Å². The molecule has 1 unspecified atom stereocenters. The number of ether oxygens (including phenoxy) is 1. The Kier molecular flexibility index (Phi) is 9.10. The predicted octanol–water partition coefficient (Wildman–Crippen LogP) is 5.82. The van der Waals surface area contributed by atoms with Crippen molar-refractivity contribution in [3.05, 3.63) is 99.5 Å². The maximum absolute atomic E-state index is 10.3. The van der Waals surface area contributed by atoms with E-state index in [2.05, 4.69) is 5.32 Å². The van der Waals surface area contributed by atoms with Crippen LogP contribution in [0.5, 0.6) is 5.75 Å². The van der Waals surface area contributed by atoms with Crippen molar-refractivity contribution < 1.29 is 9.84 Å². The zero-order chi connectivity index (χ0) is 19.1. The molecule has 0 aliphatic carbocycles. The maximum Gasteiger partial charge on any atom is 0.124 e. The van der Waals surface area contributed by atoms with Crippen molar-refractivity contribution in [2.24, 2.45) is 0 Å². The minimum atomic E-state index is -0.571. The fourth-order valence-electron chi connectivity index (χ4n) is 2.73. The minimum absolute atomic E-state index is 0. The fourth-order valence-corrected chi connectivity index (χ4v) is 3.12.